The van der Waals surface area contributed by atoms with E-state index >= 15 is 0 Å². The molecule has 1 fully saturated rings. The fourth-order valence-electron chi connectivity index (χ4n) is 1.91. The number of nitrogens with one attached hydrogen (secondary N) is 2. The Morgan fingerprint density at radius 1 is 1.24 bits per heavy atom. The van der Waals surface area contributed by atoms with Gasteiger partial charge in [0.05, 0.1) is 5.60 Å². The maximum absolute atomic E-state index is 11.6. The molecule has 3 N–H and O–H groups in total. The van der Waals surface area contributed by atoms with Crippen LogP contribution in [0.15, 0.2) is 0 Å². The van der Waals surface area contributed by atoms with Crippen LogP contribution < -0.4 is 10.6 Å². The van der Waals surface area contributed by atoms with E-state index in [1.807, 2.05) is 13.8 Å². The Bertz CT molecular complexity index is 258. The Kier molecular flexibility index (Phi) is 4.80. The van der Waals surface area contributed by atoms with E-state index < -0.39 is 5.60 Å². The van der Waals surface area contributed by atoms with E-state index in [0.717, 1.165) is 13.0 Å². The first-order chi connectivity index (χ1) is 7.99. The molecule has 1 aliphatic carbocycles. The third kappa shape index (κ3) is 4.19. The standard InChI is InChI=1S/C13H26N2O2/c1-4-12(7-8-12)9-14-11(16)15-10-13(17,5-2)6-3/h17H,4-10H2,1-3H3,(H2,14,15,16). The monoisotopic (exact) mass is 242 g/mol. The first-order valence-electron chi connectivity index (χ1n) is 6.73. The molecule has 4 nitrogen and oxygen atoms in total. The number of hydrogen-bond donors (Lipinski definition) is 3. The molecule has 0 aliphatic heterocycles. The van der Waals surface area contributed by atoms with Crippen molar-refractivity contribution in [2.45, 2.75) is 58.5 Å². The van der Waals surface area contributed by atoms with E-state index in [-0.39, 0.29) is 6.03 Å². The topological polar surface area (TPSA) is 61.4 Å². The van der Waals surface area contributed by atoms with Gasteiger partial charge in [0.25, 0.3) is 0 Å². The summed E-state index contributed by atoms with van der Waals surface area (Å²) in [5.74, 6) is 0. The predicted molar refractivity (Wildman–Crippen MR) is 68.9 cm³/mol. The lowest BCUT2D eigenvalue weighted by atomic mass is 9.98. The summed E-state index contributed by atoms with van der Waals surface area (Å²) < 4.78 is 0. The van der Waals surface area contributed by atoms with E-state index in [1.165, 1.54) is 12.8 Å². The third-order valence-electron chi connectivity index (χ3n) is 4.23. The van der Waals surface area contributed by atoms with E-state index in [0.29, 0.717) is 24.8 Å². The summed E-state index contributed by atoms with van der Waals surface area (Å²) in [6.45, 7) is 7.11. The lowest BCUT2D eigenvalue weighted by Gasteiger charge is -2.25. The molecule has 0 spiro atoms. The van der Waals surface area contributed by atoms with Crippen LogP contribution >= 0.6 is 0 Å². The predicted octanol–water partition coefficient (Wildman–Crippen LogP) is 2.03. The van der Waals surface area contributed by atoms with Crippen LogP contribution in [-0.4, -0.2) is 29.8 Å². The summed E-state index contributed by atoms with van der Waals surface area (Å²) in [6, 6.07) is -0.162. The molecule has 17 heavy (non-hydrogen) atoms. The number of carbonyl (C=O) groups is 1. The van der Waals surface area contributed by atoms with Crippen molar-refractivity contribution < 1.29 is 9.90 Å². The molecule has 2 amide bonds. The molecule has 0 bridgehead atoms. The molecule has 0 aromatic rings. The van der Waals surface area contributed by atoms with E-state index in [9.17, 15) is 9.90 Å². The number of hydrogen-bond acceptors (Lipinski definition) is 2. The van der Waals surface area contributed by atoms with Gasteiger partial charge < -0.3 is 15.7 Å². The summed E-state index contributed by atoms with van der Waals surface area (Å²) in [4.78, 5) is 11.6. The number of urea groups is 1. The highest BCUT2D eigenvalue weighted by molar-refractivity contribution is 5.74. The number of carbonyl (C=O) groups excluding carboxylic acids is 1. The highest BCUT2D eigenvalue weighted by Crippen LogP contribution is 2.47. The smallest absolute Gasteiger partial charge is 0.314 e. The average molecular weight is 242 g/mol. The molecule has 0 atom stereocenters. The first kappa shape index (κ1) is 14.3. The zero-order chi connectivity index (χ0) is 12.9. The second kappa shape index (κ2) is 5.71. The number of rotatable bonds is 7. The maximum Gasteiger partial charge on any atom is 0.314 e. The second-order valence-corrected chi connectivity index (χ2v) is 5.32. The van der Waals surface area contributed by atoms with Crippen LogP contribution in [0.4, 0.5) is 4.79 Å². The Labute approximate surface area is 104 Å². The molecule has 1 aliphatic rings. The van der Waals surface area contributed by atoms with Crippen LogP contribution in [0.1, 0.15) is 52.9 Å². The minimum Gasteiger partial charge on any atom is -0.388 e. The van der Waals surface area contributed by atoms with E-state index in [4.69, 9.17) is 0 Å². The molecule has 100 valence electrons. The molecule has 0 saturated heterocycles. The SMILES string of the molecule is CCC(O)(CC)CNC(=O)NCC1(CC)CC1. The first-order valence-corrected chi connectivity index (χ1v) is 6.73. The minimum atomic E-state index is -0.765. The van der Waals surface area contributed by atoms with Gasteiger partial charge in [0.1, 0.15) is 0 Å². The summed E-state index contributed by atoms with van der Waals surface area (Å²) in [5, 5.41) is 15.7. The molecule has 4 heteroatoms. The summed E-state index contributed by atoms with van der Waals surface area (Å²) >= 11 is 0. The average Bonchev–Trinajstić information content (AvgIpc) is 3.14. The van der Waals surface area contributed by atoms with Crippen molar-refractivity contribution >= 4 is 6.03 Å². The molecular formula is C13H26N2O2. The Hall–Kier alpha value is -0.770. The van der Waals surface area contributed by atoms with Crippen molar-refractivity contribution in [3.63, 3.8) is 0 Å². The van der Waals surface area contributed by atoms with Crippen LogP contribution in [-0.2, 0) is 0 Å². The lowest BCUT2D eigenvalue weighted by Crippen LogP contribution is -2.46. The van der Waals surface area contributed by atoms with Gasteiger partial charge in [0.15, 0.2) is 0 Å². The van der Waals surface area contributed by atoms with Crippen LogP contribution in [0.2, 0.25) is 0 Å². The molecule has 0 heterocycles. The van der Waals surface area contributed by atoms with Crippen molar-refractivity contribution in [1.29, 1.82) is 0 Å². The Morgan fingerprint density at radius 3 is 2.24 bits per heavy atom. The summed E-state index contributed by atoms with van der Waals surface area (Å²) in [7, 11) is 0. The van der Waals surface area contributed by atoms with Crippen molar-refractivity contribution in [2.24, 2.45) is 5.41 Å². The molecular weight excluding hydrogens is 216 g/mol. The number of aliphatic hydroxyl groups is 1. The van der Waals surface area contributed by atoms with Gasteiger partial charge in [-0.05, 0) is 37.5 Å². The molecule has 0 radical (unpaired) electrons. The zero-order valence-electron chi connectivity index (χ0n) is 11.3. The quantitative estimate of drug-likeness (QED) is 0.639. The maximum atomic E-state index is 11.6. The van der Waals surface area contributed by atoms with Crippen molar-refractivity contribution in [2.75, 3.05) is 13.1 Å². The van der Waals surface area contributed by atoms with E-state index in [1.54, 1.807) is 0 Å². The van der Waals surface area contributed by atoms with Gasteiger partial charge in [-0.15, -0.1) is 0 Å². The Balaban J connectivity index is 2.21. The summed E-state index contributed by atoms with van der Waals surface area (Å²) in [5.41, 5.74) is -0.400. The molecule has 1 rings (SSSR count). The molecule has 1 saturated carbocycles. The fraction of sp³-hybridized carbons (Fsp3) is 0.923. The summed E-state index contributed by atoms with van der Waals surface area (Å²) in [6.07, 6.45) is 4.88. The van der Waals surface area contributed by atoms with Gasteiger partial charge in [-0.2, -0.15) is 0 Å². The van der Waals surface area contributed by atoms with Crippen molar-refractivity contribution in [3.8, 4) is 0 Å². The highest BCUT2D eigenvalue weighted by Gasteiger charge is 2.40. The van der Waals surface area contributed by atoms with Gasteiger partial charge in [0, 0.05) is 13.1 Å². The van der Waals surface area contributed by atoms with Crippen LogP contribution in [0.25, 0.3) is 0 Å². The zero-order valence-corrected chi connectivity index (χ0v) is 11.3. The number of amides is 2. The highest BCUT2D eigenvalue weighted by atomic mass is 16.3. The molecule has 0 aromatic carbocycles. The van der Waals surface area contributed by atoms with Crippen molar-refractivity contribution in [3.05, 3.63) is 0 Å². The third-order valence-corrected chi connectivity index (χ3v) is 4.23. The Morgan fingerprint density at radius 2 is 1.82 bits per heavy atom. The minimum absolute atomic E-state index is 0.162. The van der Waals surface area contributed by atoms with E-state index in [2.05, 4.69) is 17.6 Å². The van der Waals surface area contributed by atoms with Gasteiger partial charge >= 0.3 is 6.03 Å². The van der Waals surface area contributed by atoms with Crippen LogP contribution in [0.5, 0.6) is 0 Å². The van der Waals surface area contributed by atoms with Gasteiger partial charge in [0.2, 0.25) is 0 Å². The fourth-order valence-corrected chi connectivity index (χ4v) is 1.91. The molecule has 0 unspecified atom stereocenters. The largest absolute Gasteiger partial charge is 0.388 e. The molecule has 0 aromatic heterocycles. The van der Waals surface area contributed by atoms with Crippen LogP contribution in [0.3, 0.4) is 0 Å². The van der Waals surface area contributed by atoms with Crippen molar-refractivity contribution in [1.82, 2.24) is 10.6 Å². The van der Waals surface area contributed by atoms with Gasteiger partial charge in [-0.25, -0.2) is 4.79 Å². The second-order valence-electron chi connectivity index (χ2n) is 5.32. The lowest BCUT2D eigenvalue weighted by molar-refractivity contribution is 0.0349. The van der Waals surface area contributed by atoms with Gasteiger partial charge in [-0.1, -0.05) is 20.8 Å². The van der Waals surface area contributed by atoms with Crippen LogP contribution in [0, 0.1) is 5.41 Å². The normalized spacial score (nSPS) is 17.6. The van der Waals surface area contributed by atoms with Gasteiger partial charge in [-0.3, -0.25) is 0 Å².